The van der Waals surface area contributed by atoms with Crippen molar-refractivity contribution in [2.75, 3.05) is 10.6 Å². The Bertz CT molecular complexity index is 638. The minimum Gasteiger partial charge on any atom is -0.379 e. The number of anilines is 2. The zero-order valence-electron chi connectivity index (χ0n) is 11.5. The summed E-state index contributed by atoms with van der Waals surface area (Å²) in [6.45, 7) is 0.660. The normalized spacial score (nSPS) is 13.8. The molecule has 0 saturated heterocycles. The molecule has 0 atom stereocenters. The van der Waals surface area contributed by atoms with E-state index in [2.05, 4.69) is 31.5 Å². The molecule has 1 aliphatic carbocycles. The summed E-state index contributed by atoms with van der Waals surface area (Å²) in [6.07, 6.45) is 2.04. The minimum absolute atomic E-state index is 0.133. The lowest BCUT2D eigenvalue weighted by Crippen LogP contribution is -2.13. The zero-order valence-corrected chi connectivity index (χ0v) is 13.1. The zero-order chi connectivity index (χ0) is 14.7. The van der Waals surface area contributed by atoms with Gasteiger partial charge in [-0.3, -0.25) is 4.79 Å². The number of nitrogens with one attached hydrogen (secondary N) is 2. The van der Waals surface area contributed by atoms with Crippen LogP contribution in [0.1, 0.15) is 18.5 Å². The van der Waals surface area contributed by atoms with Crippen LogP contribution in [0.3, 0.4) is 0 Å². The van der Waals surface area contributed by atoms with Crippen molar-refractivity contribution in [1.29, 1.82) is 0 Å². The average molecular weight is 346 g/mol. The highest BCUT2D eigenvalue weighted by atomic mass is 79.9. The van der Waals surface area contributed by atoms with Crippen molar-refractivity contribution in [3.05, 3.63) is 52.8 Å². The summed E-state index contributed by atoms with van der Waals surface area (Å²) >= 11 is 3.36. The molecule has 4 nitrogen and oxygen atoms in total. The number of halogens is 1. The number of aromatic nitrogens is 1. The van der Waals surface area contributed by atoms with E-state index in [1.54, 1.807) is 0 Å². The average Bonchev–Trinajstić information content (AvgIpc) is 3.31. The van der Waals surface area contributed by atoms with E-state index in [9.17, 15) is 4.79 Å². The van der Waals surface area contributed by atoms with Gasteiger partial charge in [0.05, 0.1) is 12.2 Å². The second-order valence-corrected chi connectivity index (χ2v) is 5.96. The van der Waals surface area contributed by atoms with Crippen molar-refractivity contribution in [3.8, 4) is 0 Å². The molecule has 0 unspecified atom stereocenters. The number of carbonyl (C=O) groups excluding carboxylic acids is 1. The van der Waals surface area contributed by atoms with Gasteiger partial charge in [0, 0.05) is 17.3 Å². The van der Waals surface area contributed by atoms with Gasteiger partial charge in [-0.05, 0) is 65.2 Å². The van der Waals surface area contributed by atoms with E-state index < -0.39 is 0 Å². The van der Waals surface area contributed by atoms with Crippen LogP contribution in [0.15, 0.2) is 47.1 Å². The molecular formula is C16H16BrN3O. The molecule has 1 aliphatic rings. The summed E-state index contributed by atoms with van der Waals surface area (Å²) in [7, 11) is 0. The van der Waals surface area contributed by atoms with Gasteiger partial charge in [0.2, 0.25) is 5.91 Å². The number of pyridine rings is 1. The summed E-state index contributed by atoms with van der Waals surface area (Å²) in [4.78, 5) is 16.0. The van der Waals surface area contributed by atoms with Crippen molar-refractivity contribution >= 4 is 33.2 Å². The first-order valence-corrected chi connectivity index (χ1v) is 7.76. The molecule has 3 rings (SSSR count). The smallest absolute Gasteiger partial charge is 0.227 e. The molecule has 1 fully saturated rings. The van der Waals surface area contributed by atoms with E-state index in [4.69, 9.17) is 0 Å². The summed E-state index contributed by atoms with van der Waals surface area (Å²) < 4.78 is 0.833. The largest absolute Gasteiger partial charge is 0.379 e. The molecule has 108 valence electrons. The van der Waals surface area contributed by atoms with E-state index in [0.717, 1.165) is 34.5 Å². The van der Waals surface area contributed by atoms with Gasteiger partial charge in [-0.1, -0.05) is 6.07 Å². The maximum atomic E-state index is 11.7. The van der Waals surface area contributed by atoms with Crippen molar-refractivity contribution in [2.24, 2.45) is 5.92 Å². The Morgan fingerprint density at radius 1 is 1.14 bits per heavy atom. The molecule has 1 aromatic carbocycles. The van der Waals surface area contributed by atoms with Gasteiger partial charge < -0.3 is 10.6 Å². The molecule has 5 heteroatoms. The summed E-state index contributed by atoms with van der Waals surface area (Å²) in [5.74, 6) is 0.361. The molecule has 2 aromatic rings. The van der Waals surface area contributed by atoms with E-state index in [-0.39, 0.29) is 11.8 Å². The van der Waals surface area contributed by atoms with E-state index in [1.807, 2.05) is 42.5 Å². The van der Waals surface area contributed by atoms with Crippen LogP contribution in [-0.2, 0) is 11.3 Å². The van der Waals surface area contributed by atoms with Crippen LogP contribution < -0.4 is 10.6 Å². The number of amides is 1. The van der Waals surface area contributed by atoms with Crippen molar-refractivity contribution in [2.45, 2.75) is 19.4 Å². The van der Waals surface area contributed by atoms with Gasteiger partial charge in [-0.15, -0.1) is 0 Å². The fraction of sp³-hybridized carbons (Fsp3) is 0.250. The lowest BCUT2D eigenvalue weighted by molar-refractivity contribution is -0.117. The Balaban J connectivity index is 1.55. The van der Waals surface area contributed by atoms with Crippen molar-refractivity contribution in [1.82, 2.24) is 4.98 Å². The Kier molecular flexibility index (Phi) is 4.20. The van der Waals surface area contributed by atoms with E-state index >= 15 is 0 Å². The highest BCUT2D eigenvalue weighted by molar-refractivity contribution is 9.10. The number of nitrogens with zero attached hydrogens (tertiary/aromatic N) is 1. The first-order chi connectivity index (χ1) is 10.2. The molecule has 0 spiro atoms. The summed E-state index contributed by atoms with van der Waals surface area (Å²) in [5, 5.41) is 6.23. The van der Waals surface area contributed by atoms with Gasteiger partial charge in [-0.2, -0.15) is 0 Å². The van der Waals surface area contributed by atoms with Crippen LogP contribution in [0.25, 0.3) is 0 Å². The molecule has 2 N–H and O–H groups in total. The first-order valence-electron chi connectivity index (χ1n) is 6.97. The summed E-state index contributed by atoms with van der Waals surface area (Å²) in [6, 6.07) is 13.6. The third kappa shape index (κ3) is 4.04. The predicted molar refractivity (Wildman–Crippen MR) is 87.1 cm³/mol. The second kappa shape index (κ2) is 6.26. The number of benzene rings is 1. The SMILES string of the molecule is O=C(Nc1ccc(NCc2cccc(Br)n2)cc1)C1CC1. The fourth-order valence-electron chi connectivity index (χ4n) is 2.00. The first kappa shape index (κ1) is 14.1. The molecule has 21 heavy (non-hydrogen) atoms. The Morgan fingerprint density at radius 2 is 1.86 bits per heavy atom. The highest BCUT2D eigenvalue weighted by Crippen LogP contribution is 2.30. The van der Waals surface area contributed by atoms with Gasteiger partial charge in [0.25, 0.3) is 0 Å². The van der Waals surface area contributed by atoms with Gasteiger partial charge in [0.15, 0.2) is 0 Å². The molecule has 1 heterocycles. The second-order valence-electron chi connectivity index (χ2n) is 5.15. The van der Waals surface area contributed by atoms with Crippen LogP contribution in [0.2, 0.25) is 0 Å². The fourth-order valence-corrected chi connectivity index (χ4v) is 2.38. The van der Waals surface area contributed by atoms with Crippen LogP contribution in [-0.4, -0.2) is 10.9 Å². The Hall–Kier alpha value is -1.88. The van der Waals surface area contributed by atoms with E-state index in [0.29, 0.717) is 6.54 Å². The number of carbonyl (C=O) groups is 1. The number of hydrogen-bond acceptors (Lipinski definition) is 3. The lowest BCUT2D eigenvalue weighted by atomic mass is 10.2. The quantitative estimate of drug-likeness (QED) is 0.810. The number of rotatable bonds is 5. The predicted octanol–water partition coefficient (Wildman–Crippen LogP) is 3.80. The third-order valence-corrected chi connectivity index (χ3v) is 3.79. The van der Waals surface area contributed by atoms with Crippen molar-refractivity contribution in [3.63, 3.8) is 0 Å². The van der Waals surface area contributed by atoms with Crippen LogP contribution in [0, 0.1) is 5.92 Å². The van der Waals surface area contributed by atoms with Gasteiger partial charge in [0.1, 0.15) is 4.60 Å². The van der Waals surface area contributed by atoms with Crippen molar-refractivity contribution < 1.29 is 4.79 Å². The molecule has 0 bridgehead atoms. The molecule has 1 saturated carbocycles. The topological polar surface area (TPSA) is 54.0 Å². The standard InChI is InChI=1S/C16H16BrN3O/c17-15-3-1-2-14(19-15)10-18-12-6-8-13(9-7-12)20-16(21)11-4-5-11/h1-3,6-9,11,18H,4-5,10H2,(H,20,21). The maximum Gasteiger partial charge on any atom is 0.227 e. The maximum absolute atomic E-state index is 11.7. The highest BCUT2D eigenvalue weighted by Gasteiger charge is 2.29. The van der Waals surface area contributed by atoms with Crippen LogP contribution in [0.5, 0.6) is 0 Å². The van der Waals surface area contributed by atoms with Crippen LogP contribution >= 0.6 is 15.9 Å². The van der Waals surface area contributed by atoms with E-state index in [1.165, 1.54) is 0 Å². The molecular weight excluding hydrogens is 330 g/mol. The molecule has 0 aliphatic heterocycles. The monoisotopic (exact) mass is 345 g/mol. The molecule has 0 radical (unpaired) electrons. The Labute approximate surface area is 132 Å². The molecule has 1 aromatic heterocycles. The number of hydrogen-bond donors (Lipinski definition) is 2. The minimum atomic E-state index is 0.133. The third-order valence-electron chi connectivity index (χ3n) is 3.35. The van der Waals surface area contributed by atoms with Gasteiger partial charge >= 0.3 is 0 Å². The molecule has 1 amide bonds. The Morgan fingerprint density at radius 3 is 2.52 bits per heavy atom. The van der Waals surface area contributed by atoms with Gasteiger partial charge in [-0.25, -0.2) is 4.98 Å². The lowest BCUT2D eigenvalue weighted by Gasteiger charge is -2.08. The van der Waals surface area contributed by atoms with Crippen LogP contribution in [0.4, 0.5) is 11.4 Å². The summed E-state index contributed by atoms with van der Waals surface area (Å²) in [5.41, 5.74) is 2.81.